The number of imidazole rings is 1. The number of benzene rings is 1. The van der Waals surface area contributed by atoms with Gasteiger partial charge >= 0.3 is 0 Å². The van der Waals surface area contributed by atoms with Crippen molar-refractivity contribution in [3.05, 3.63) is 57.9 Å². The number of nitro benzene ring substituents is 1. The molecule has 1 amide bonds. The van der Waals surface area contributed by atoms with E-state index < -0.39 is 22.3 Å². The summed E-state index contributed by atoms with van der Waals surface area (Å²) in [6, 6.07) is 2.83. The van der Waals surface area contributed by atoms with E-state index >= 15 is 0 Å². The summed E-state index contributed by atoms with van der Waals surface area (Å²) < 4.78 is 13.0. The molecule has 2 rings (SSSR count). The van der Waals surface area contributed by atoms with Crippen LogP contribution >= 0.6 is 0 Å². The largest absolute Gasteiger partial charge is 0.351 e. The van der Waals surface area contributed by atoms with E-state index in [4.69, 9.17) is 0 Å². The van der Waals surface area contributed by atoms with Crippen LogP contribution in [0.2, 0.25) is 0 Å². The molecule has 0 saturated carbocycles. The molecule has 0 radical (unpaired) electrons. The Bertz CT molecular complexity index is 628. The summed E-state index contributed by atoms with van der Waals surface area (Å²) in [6.45, 7) is 0.287. The van der Waals surface area contributed by atoms with Crippen molar-refractivity contribution >= 4 is 11.6 Å². The van der Waals surface area contributed by atoms with Crippen molar-refractivity contribution in [1.29, 1.82) is 0 Å². The minimum absolute atomic E-state index is 0.166. The van der Waals surface area contributed by atoms with Gasteiger partial charge < -0.3 is 10.3 Å². The quantitative estimate of drug-likeness (QED) is 0.638. The van der Waals surface area contributed by atoms with Crippen LogP contribution in [-0.2, 0) is 6.42 Å². The van der Waals surface area contributed by atoms with E-state index in [0.29, 0.717) is 6.42 Å². The van der Waals surface area contributed by atoms with Gasteiger partial charge in [0.25, 0.3) is 11.6 Å². The number of amides is 1. The number of nitrogens with zero attached hydrogens (tertiary/aromatic N) is 2. The van der Waals surface area contributed by atoms with Crippen molar-refractivity contribution in [3.8, 4) is 0 Å². The van der Waals surface area contributed by atoms with Gasteiger partial charge in [0.2, 0.25) is 0 Å². The third kappa shape index (κ3) is 3.16. The fraction of sp³-hybridized carbons (Fsp3) is 0.167. The van der Waals surface area contributed by atoms with Crippen molar-refractivity contribution in [2.75, 3.05) is 6.54 Å². The number of hydrogen-bond donors (Lipinski definition) is 2. The Labute approximate surface area is 113 Å². The lowest BCUT2D eigenvalue weighted by Gasteiger charge is -2.05. The van der Waals surface area contributed by atoms with E-state index in [2.05, 4.69) is 15.3 Å². The molecule has 0 atom stereocenters. The van der Waals surface area contributed by atoms with Crippen molar-refractivity contribution in [2.45, 2.75) is 6.42 Å². The molecule has 0 unspecified atom stereocenters. The van der Waals surface area contributed by atoms with Crippen LogP contribution in [0.4, 0.5) is 10.1 Å². The maximum atomic E-state index is 13.0. The van der Waals surface area contributed by atoms with Gasteiger partial charge in [-0.2, -0.15) is 0 Å². The van der Waals surface area contributed by atoms with Crippen LogP contribution in [-0.4, -0.2) is 27.3 Å². The van der Waals surface area contributed by atoms with Gasteiger partial charge in [0.05, 0.1) is 17.3 Å². The van der Waals surface area contributed by atoms with Crippen molar-refractivity contribution in [1.82, 2.24) is 15.3 Å². The number of nitro groups is 1. The molecule has 0 saturated heterocycles. The number of carbonyl (C=O) groups is 1. The Morgan fingerprint density at radius 2 is 2.30 bits per heavy atom. The van der Waals surface area contributed by atoms with Crippen LogP contribution in [0.15, 0.2) is 30.7 Å². The summed E-state index contributed by atoms with van der Waals surface area (Å²) in [7, 11) is 0. The average Bonchev–Trinajstić information content (AvgIpc) is 2.91. The monoisotopic (exact) mass is 278 g/mol. The molecular formula is C12H11FN4O3. The molecule has 2 aromatic rings. The summed E-state index contributed by atoms with van der Waals surface area (Å²) in [5.41, 5.74) is 0.115. The van der Waals surface area contributed by atoms with Gasteiger partial charge in [-0.05, 0) is 12.1 Å². The van der Waals surface area contributed by atoms with Crippen LogP contribution in [0.3, 0.4) is 0 Å². The Morgan fingerprint density at radius 1 is 1.50 bits per heavy atom. The number of carbonyl (C=O) groups excluding carboxylic acids is 1. The third-order valence-electron chi connectivity index (χ3n) is 2.64. The highest BCUT2D eigenvalue weighted by molar-refractivity contribution is 5.98. The fourth-order valence-electron chi connectivity index (χ4n) is 1.68. The van der Waals surface area contributed by atoms with Crippen LogP contribution in [0.1, 0.15) is 16.1 Å². The van der Waals surface area contributed by atoms with E-state index in [1.165, 1.54) is 6.33 Å². The number of rotatable bonds is 5. The van der Waals surface area contributed by atoms with Crippen molar-refractivity contribution in [3.63, 3.8) is 0 Å². The second-order valence-electron chi connectivity index (χ2n) is 4.00. The lowest BCUT2D eigenvalue weighted by atomic mass is 10.1. The number of aromatic nitrogens is 2. The second kappa shape index (κ2) is 5.91. The van der Waals surface area contributed by atoms with Gasteiger partial charge in [0.15, 0.2) is 0 Å². The lowest BCUT2D eigenvalue weighted by molar-refractivity contribution is -0.385. The Morgan fingerprint density at radius 3 is 2.95 bits per heavy atom. The Hall–Kier alpha value is -2.77. The molecule has 0 aliphatic heterocycles. The molecule has 0 aliphatic carbocycles. The van der Waals surface area contributed by atoms with Crippen LogP contribution in [0.25, 0.3) is 0 Å². The predicted octanol–water partition coefficient (Wildman–Crippen LogP) is 1.43. The minimum Gasteiger partial charge on any atom is -0.351 e. The number of nitrogens with one attached hydrogen (secondary N) is 2. The summed E-state index contributed by atoms with van der Waals surface area (Å²) in [6.07, 6.45) is 3.65. The average molecular weight is 278 g/mol. The molecule has 2 N–H and O–H groups in total. The standard InChI is InChI=1S/C12H11FN4O3/c13-8-1-2-10(11(5-8)17(19)20)12(18)15-4-3-9-6-14-7-16-9/h1-2,5-7H,3-4H2,(H,14,16)(H,15,18). The number of hydrogen-bond acceptors (Lipinski definition) is 4. The zero-order valence-corrected chi connectivity index (χ0v) is 10.3. The summed E-state index contributed by atoms with van der Waals surface area (Å²) in [5, 5.41) is 13.3. The van der Waals surface area contributed by atoms with Crippen LogP contribution in [0, 0.1) is 15.9 Å². The molecule has 7 nitrogen and oxygen atoms in total. The molecule has 1 aromatic carbocycles. The zero-order valence-electron chi connectivity index (χ0n) is 10.3. The van der Waals surface area contributed by atoms with Crippen molar-refractivity contribution in [2.24, 2.45) is 0 Å². The SMILES string of the molecule is O=C(NCCc1cnc[nH]1)c1ccc(F)cc1[N+](=O)[O-]. The van der Waals surface area contributed by atoms with Gasteiger partial charge in [0.1, 0.15) is 11.4 Å². The van der Waals surface area contributed by atoms with E-state index in [1.54, 1.807) is 6.20 Å². The highest BCUT2D eigenvalue weighted by Crippen LogP contribution is 2.19. The fourth-order valence-corrected chi connectivity index (χ4v) is 1.68. The molecule has 104 valence electrons. The maximum Gasteiger partial charge on any atom is 0.285 e. The van der Waals surface area contributed by atoms with E-state index in [1.807, 2.05) is 0 Å². The minimum atomic E-state index is -0.785. The zero-order chi connectivity index (χ0) is 14.5. The molecule has 0 aliphatic rings. The first-order valence-electron chi connectivity index (χ1n) is 5.77. The van der Waals surface area contributed by atoms with Gasteiger partial charge in [-0.15, -0.1) is 0 Å². The molecular weight excluding hydrogens is 267 g/mol. The molecule has 0 bridgehead atoms. The summed E-state index contributed by atoms with van der Waals surface area (Å²) in [4.78, 5) is 28.5. The van der Waals surface area contributed by atoms with Gasteiger partial charge in [-0.3, -0.25) is 14.9 Å². The lowest BCUT2D eigenvalue weighted by Crippen LogP contribution is -2.26. The number of halogens is 1. The molecule has 1 aromatic heterocycles. The van der Waals surface area contributed by atoms with E-state index in [0.717, 1.165) is 23.9 Å². The number of aromatic amines is 1. The van der Waals surface area contributed by atoms with Crippen LogP contribution in [0.5, 0.6) is 0 Å². The molecule has 1 heterocycles. The Kier molecular flexibility index (Phi) is 4.04. The van der Waals surface area contributed by atoms with Gasteiger partial charge in [-0.1, -0.05) is 0 Å². The third-order valence-corrected chi connectivity index (χ3v) is 2.64. The molecule has 20 heavy (non-hydrogen) atoms. The Balaban J connectivity index is 2.03. The summed E-state index contributed by atoms with van der Waals surface area (Å²) >= 11 is 0. The maximum absolute atomic E-state index is 13.0. The predicted molar refractivity (Wildman–Crippen MR) is 67.7 cm³/mol. The van der Waals surface area contributed by atoms with Gasteiger partial charge in [0, 0.05) is 24.9 Å². The number of H-pyrrole nitrogens is 1. The van der Waals surface area contributed by atoms with Crippen molar-refractivity contribution < 1.29 is 14.1 Å². The van der Waals surface area contributed by atoms with E-state index in [-0.39, 0.29) is 12.1 Å². The molecule has 8 heteroatoms. The highest BCUT2D eigenvalue weighted by atomic mass is 19.1. The first kappa shape index (κ1) is 13.7. The first-order valence-corrected chi connectivity index (χ1v) is 5.77. The normalized spacial score (nSPS) is 10.2. The summed E-state index contributed by atoms with van der Waals surface area (Å²) in [5.74, 6) is -1.37. The first-order chi connectivity index (χ1) is 9.58. The van der Waals surface area contributed by atoms with Crippen LogP contribution < -0.4 is 5.32 Å². The molecule has 0 fully saturated rings. The second-order valence-corrected chi connectivity index (χ2v) is 4.00. The highest BCUT2D eigenvalue weighted by Gasteiger charge is 2.20. The molecule has 0 spiro atoms. The van der Waals surface area contributed by atoms with E-state index in [9.17, 15) is 19.3 Å². The topological polar surface area (TPSA) is 101 Å². The smallest absolute Gasteiger partial charge is 0.285 e. The van der Waals surface area contributed by atoms with Gasteiger partial charge in [-0.25, -0.2) is 9.37 Å².